The van der Waals surface area contributed by atoms with Gasteiger partial charge in [-0.2, -0.15) is 0 Å². The second kappa shape index (κ2) is 6.93. The van der Waals surface area contributed by atoms with Gasteiger partial charge in [0.25, 0.3) is 0 Å². The summed E-state index contributed by atoms with van der Waals surface area (Å²) in [5.41, 5.74) is 4.24. The van der Waals surface area contributed by atoms with Gasteiger partial charge in [-0.1, -0.05) is 90.1 Å². The van der Waals surface area contributed by atoms with Gasteiger partial charge in [0.2, 0.25) is 0 Å². The Labute approximate surface area is 152 Å². The minimum absolute atomic E-state index is 0.107. The molecule has 2 N–H and O–H groups in total. The smallest absolute Gasteiger partial charge is 0.0522 e. The van der Waals surface area contributed by atoms with Gasteiger partial charge in [0.05, 0.1) is 13.2 Å². The first-order valence-electron chi connectivity index (χ1n) is 8.98. The van der Waals surface area contributed by atoms with Gasteiger partial charge in [-0.3, -0.25) is 0 Å². The molecule has 0 aliphatic rings. The summed E-state index contributed by atoms with van der Waals surface area (Å²) in [5.74, 6) is 0. The molecule has 2 aromatic carbocycles. The lowest BCUT2D eigenvalue weighted by atomic mass is 9.75. The van der Waals surface area contributed by atoms with Crippen LogP contribution >= 0.6 is 0 Å². The van der Waals surface area contributed by atoms with Gasteiger partial charge in [-0.15, -0.1) is 0 Å². The van der Waals surface area contributed by atoms with E-state index in [1.54, 1.807) is 0 Å². The fourth-order valence-electron chi connectivity index (χ4n) is 3.03. The zero-order valence-corrected chi connectivity index (χ0v) is 16.4. The quantitative estimate of drug-likeness (QED) is 0.810. The van der Waals surface area contributed by atoms with Crippen LogP contribution in [0.4, 0.5) is 0 Å². The van der Waals surface area contributed by atoms with Gasteiger partial charge >= 0.3 is 0 Å². The summed E-state index contributed by atoms with van der Waals surface area (Å²) in [7, 11) is 0. The molecule has 0 amide bonds. The lowest BCUT2D eigenvalue weighted by molar-refractivity contribution is 0.218. The van der Waals surface area contributed by atoms with Gasteiger partial charge in [-0.05, 0) is 22.3 Å². The Morgan fingerprint density at radius 1 is 0.520 bits per heavy atom. The maximum absolute atomic E-state index is 9.55. The molecule has 0 saturated carbocycles. The Bertz CT molecular complexity index is 630. The fraction of sp³-hybridized carbons (Fsp3) is 0.478. The Kier molecular flexibility index (Phi) is 5.46. The largest absolute Gasteiger partial charge is 0.395 e. The minimum Gasteiger partial charge on any atom is -0.395 e. The van der Waals surface area contributed by atoms with Crippen molar-refractivity contribution >= 4 is 0 Å². The van der Waals surface area contributed by atoms with E-state index in [0.29, 0.717) is 0 Å². The summed E-state index contributed by atoms with van der Waals surface area (Å²) in [6.07, 6.45) is 0. The maximum Gasteiger partial charge on any atom is 0.0522 e. The monoisotopic (exact) mass is 340 g/mol. The molecule has 0 radical (unpaired) electrons. The lowest BCUT2D eigenvalue weighted by Crippen LogP contribution is -2.24. The number of benzene rings is 2. The molecule has 0 unspecified atom stereocenters. The lowest BCUT2D eigenvalue weighted by Gasteiger charge is -2.29. The van der Waals surface area contributed by atoms with Crippen LogP contribution in [0.2, 0.25) is 0 Å². The van der Waals surface area contributed by atoms with Crippen molar-refractivity contribution in [3.8, 4) is 0 Å². The Morgan fingerprint density at radius 3 is 1.00 bits per heavy atom. The first kappa shape index (κ1) is 19.7. The first-order chi connectivity index (χ1) is 11.5. The van der Waals surface area contributed by atoms with E-state index in [0.717, 1.165) is 11.1 Å². The molecule has 0 bridgehead atoms. The summed E-state index contributed by atoms with van der Waals surface area (Å²) in [5, 5.41) is 19.1. The third kappa shape index (κ3) is 3.96. The van der Waals surface area contributed by atoms with Gasteiger partial charge in [-0.25, -0.2) is 0 Å². The number of aliphatic hydroxyl groups is 2. The third-order valence-electron chi connectivity index (χ3n) is 5.57. The molecule has 0 aliphatic heterocycles. The molecule has 0 atom stereocenters. The topological polar surface area (TPSA) is 40.5 Å². The summed E-state index contributed by atoms with van der Waals surface area (Å²) in [6, 6.07) is 17.1. The molecule has 2 aromatic rings. The predicted molar refractivity (Wildman–Crippen MR) is 105 cm³/mol. The highest BCUT2D eigenvalue weighted by molar-refractivity contribution is 5.41. The van der Waals surface area contributed by atoms with E-state index < -0.39 is 0 Å². The standard InChI is InChI=1S/C23H32O2/c1-21(2,15-24)17-7-11-19(12-8-17)23(5,6)20-13-9-18(10-14-20)22(3,4)16-25/h7-14,24-25H,15-16H2,1-6H3. The summed E-state index contributed by atoms with van der Waals surface area (Å²) >= 11 is 0. The molecule has 0 saturated heterocycles. The van der Waals surface area contributed by atoms with E-state index >= 15 is 0 Å². The van der Waals surface area contributed by atoms with E-state index in [-0.39, 0.29) is 29.5 Å². The second-order valence-corrected chi connectivity index (χ2v) is 8.86. The van der Waals surface area contributed by atoms with Crippen LogP contribution in [0.5, 0.6) is 0 Å². The van der Waals surface area contributed by atoms with E-state index in [2.05, 4.69) is 90.1 Å². The van der Waals surface area contributed by atoms with Crippen molar-refractivity contribution in [1.29, 1.82) is 0 Å². The summed E-state index contributed by atoms with van der Waals surface area (Å²) in [4.78, 5) is 0. The molecule has 0 aliphatic carbocycles. The van der Waals surface area contributed by atoms with E-state index in [1.165, 1.54) is 11.1 Å². The molecular weight excluding hydrogens is 308 g/mol. The molecule has 0 aromatic heterocycles. The molecule has 2 rings (SSSR count). The zero-order chi connectivity index (χ0) is 18.9. The van der Waals surface area contributed by atoms with Crippen LogP contribution in [0, 0.1) is 0 Å². The van der Waals surface area contributed by atoms with Crippen LogP contribution in [-0.2, 0) is 16.2 Å². The highest BCUT2D eigenvalue weighted by Crippen LogP contribution is 2.34. The first-order valence-corrected chi connectivity index (χ1v) is 8.98. The van der Waals surface area contributed by atoms with Crippen LogP contribution in [0.25, 0.3) is 0 Å². The Balaban J connectivity index is 2.32. The molecule has 2 heteroatoms. The normalized spacial score (nSPS) is 13.1. The molecule has 2 nitrogen and oxygen atoms in total. The van der Waals surface area contributed by atoms with E-state index in [4.69, 9.17) is 0 Å². The van der Waals surface area contributed by atoms with Crippen molar-refractivity contribution in [3.63, 3.8) is 0 Å². The van der Waals surface area contributed by atoms with Gasteiger partial charge in [0, 0.05) is 16.2 Å². The average Bonchev–Trinajstić information content (AvgIpc) is 2.62. The maximum atomic E-state index is 9.55. The number of aliphatic hydroxyl groups excluding tert-OH is 2. The van der Waals surface area contributed by atoms with E-state index in [1.807, 2.05) is 0 Å². The van der Waals surface area contributed by atoms with Crippen molar-refractivity contribution in [1.82, 2.24) is 0 Å². The molecule has 0 heterocycles. The number of hydrogen-bond acceptors (Lipinski definition) is 2. The SMILES string of the molecule is CC(C)(CO)c1ccc(C(C)(C)c2ccc(C(C)(C)CO)cc2)cc1. The second-order valence-electron chi connectivity index (χ2n) is 8.86. The van der Waals surface area contributed by atoms with Crippen molar-refractivity contribution in [2.24, 2.45) is 0 Å². The predicted octanol–water partition coefficient (Wildman–Crippen LogP) is 4.55. The molecule has 0 fully saturated rings. The number of rotatable bonds is 6. The van der Waals surface area contributed by atoms with Crippen molar-refractivity contribution < 1.29 is 10.2 Å². The Hall–Kier alpha value is -1.64. The van der Waals surface area contributed by atoms with Crippen LogP contribution in [0.1, 0.15) is 63.8 Å². The zero-order valence-electron chi connectivity index (χ0n) is 16.4. The van der Waals surface area contributed by atoms with Gasteiger partial charge in [0.15, 0.2) is 0 Å². The van der Waals surface area contributed by atoms with Gasteiger partial charge < -0.3 is 10.2 Å². The highest BCUT2D eigenvalue weighted by Gasteiger charge is 2.26. The molecule has 25 heavy (non-hydrogen) atoms. The van der Waals surface area contributed by atoms with Gasteiger partial charge in [0.1, 0.15) is 0 Å². The summed E-state index contributed by atoms with van der Waals surface area (Å²) in [6.45, 7) is 12.9. The highest BCUT2D eigenvalue weighted by atomic mass is 16.3. The van der Waals surface area contributed by atoms with Crippen molar-refractivity contribution in [2.45, 2.75) is 57.8 Å². The summed E-state index contributed by atoms with van der Waals surface area (Å²) < 4.78 is 0. The van der Waals surface area contributed by atoms with Crippen molar-refractivity contribution in [3.05, 3.63) is 70.8 Å². The van der Waals surface area contributed by atoms with Crippen LogP contribution in [0.3, 0.4) is 0 Å². The Morgan fingerprint density at radius 2 is 0.760 bits per heavy atom. The molecular formula is C23H32O2. The number of hydrogen-bond donors (Lipinski definition) is 2. The van der Waals surface area contributed by atoms with E-state index in [9.17, 15) is 10.2 Å². The average molecular weight is 341 g/mol. The fourth-order valence-corrected chi connectivity index (χ4v) is 3.03. The molecule has 0 spiro atoms. The van der Waals surface area contributed by atoms with Crippen LogP contribution < -0.4 is 0 Å². The minimum atomic E-state index is -0.222. The van der Waals surface area contributed by atoms with Crippen LogP contribution in [0.15, 0.2) is 48.5 Å². The van der Waals surface area contributed by atoms with Crippen LogP contribution in [-0.4, -0.2) is 23.4 Å². The van der Waals surface area contributed by atoms with Crippen molar-refractivity contribution in [2.75, 3.05) is 13.2 Å². The molecule has 136 valence electrons. The third-order valence-corrected chi connectivity index (χ3v) is 5.57.